The van der Waals surface area contributed by atoms with Crippen molar-refractivity contribution in [3.63, 3.8) is 0 Å². The van der Waals surface area contributed by atoms with Gasteiger partial charge in [-0.1, -0.05) is 24.3 Å². The molecule has 1 heterocycles. The number of alkyl halides is 3. The van der Waals surface area contributed by atoms with Crippen LogP contribution < -0.4 is 15.5 Å². The van der Waals surface area contributed by atoms with E-state index in [9.17, 15) is 32.9 Å². The first kappa shape index (κ1) is 23.4. The minimum atomic E-state index is -4.79. The first-order valence-corrected chi connectivity index (χ1v) is 9.53. The summed E-state index contributed by atoms with van der Waals surface area (Å²) in [5.41, 5.74) is -0.344. The minimum Gasteiger partial charge on any atom is -0.406 e. The molecule has 0 aliphatic rings. The number of aromatic nitrogens is 2. The molecule has 1 amide bonds. The summed E-state index contributed by atoms with van der Waals surface area (Å²) in [4.78, 5) is 35.5. The number of rotatable bonds is 7. The third-order valence-electron chi connectivity index (χ3n) is 4.49. The van der Waals surface area contributed by atoms with Gasteiger partial charge in [-0.05, 0) is 37.1 Å². The van der Waals surface area contributed by atoms with Gasteiger partial charge in [-0.2, -0.15) is 5.10 Å². The number of nitrogens with zero attached hydrogens (tertiary/aromatic N) is 3. The van der Waals surface area contributed by atoms with Crippen molar-refractivity contribution in [3.05, 3.63) is 91.9 Å². The summed E-state index contributed by atoms with van der Waals surface area (Å²) < 4.78 is 41.6. The molecule has 2 aromatic carbocycles. The van der Waals surface area contributed by atoms with E-state index in [1.165, 1.54) is 37.3 Å². The van der Waals surface area contributed by atoms with E-state index >= 15 is 0 Å². The number of hydrogen-bond acceptors (Lipinski definition) is 6. The van der Waals surface area contributed by atoms with Crippen LogP contribution in [-0.4, -0.2) is 33.5 Å². The number of ether oxygens (including phenoxy) is 1. The quantitative estimate of drug-likeness (QED) is 0.425. The summed E-state index contributed by atoms with van der Waals surface area (Å²) >= 11 is 0. The van der Waals surface area contributed by atoms with E-state index in [-0.39, 0.29) is 30.1 Å². The third-order valence-corrected chi connectivity index (χ3v) is 4.49. The monoisotopic (exact) mass is 462 g/mol. The Morgan fingerprint density at radius 1 is 1.18 bits per heavy atom. The van der Waals surface area contributed by atoms with E-state index < -0.39 is 28.3 Å². The fourth-order valence-electron chi connectivity index (χ4n) is 3.01. The van der Waals surface area contributed by atoms with E-state index in [0.717, 1.165) is 22.9 Å². The lowest BCUT2D eigenvalue weighted by Crippen LogP contribution is -2.33. The van der Waals surface area contributed by atoms with Crippen molar-refractivity contribution >= 4 is 11.6 Å². The number of nitrogens with one attached hydrogen (secondary N) is 1. The Hall–Kier alpha value is -4.22. The number of nitro benzene ring substituents is 1. The molecule has 0 fully saturated rings. The number of carbonyl (C=O) groups excluding carboxylic acids is 1. The van der Waals surface area contributed by atoms with Crippen LogP contribution in [0, 0.1) is 17.0 Å². The predicted octanol–water partition coefficient (Wildman–Crippen LogP) is 3.32. The largest absolute Gasteiger partial charge is 0.573 e. The lowest BCUT2D eigenvalue weighted by Gasteiger charge is -2.12. The zero-order chi connectivity index (χ0) is 24.2. The van der Waals surface area contributed by atoms with Crippen LogP contribution in [0.4, 0.5) is 18.9 Å². The van der Waals surface area contributed by atoms with Crippen LogP contribution in [0.3, 0.4) is 0 Å². The molecule has 0 aliphatic heterocycles. The highest BCUT2D eigenvalue weighted by atomic mass is 19.4. The fraction of sp³-hybridized carbons (Fsp3) is 0.190. The van der Waals surface area contributed by atoms with Crippen LogP contribution >= 0.6 is 0 Å². The molecule has 0 aliphatic carbocycles. The zero-order valence-electron chi connectivity index (χ0n) is 17.1. The van der Waals surface area contributed by atoms with E-state index in [1.807, 2.05) is 0 Å². The first-order valence-electron chi connectivity index (χ1n) is 9.53. The van der Waals surface area contributed by atoms with Crippen molar-refractivity contribution in [3.8, 4) is 11.4 Å². The minimum absolute atomic E-state index is 0.0682. The number of halogens is 3. The highest BCUT2D eigenvalue weighted by molar-refractivity contribution is 5.92. The lowest BCUT2D eigenvalue weighted by molar-refractivity contribution is -0.384. The summed E-state index contributed by atoms with van der Waals surface area (Å²) in [7, 11) is 0. The van der Waals surface area contributed by atoms with Gasteiger partial charge in [0, 0.05) is 24.4 Å². The van der Waals surface area contributed by atoms with Crippen LogP contribution in [0.5, 0.6) is 5.75 Å². The Bertz CT molecular complexity index is 1240. The molecule has 0 saturated carbocycles. The summed E-state index contributed by atoms with van der Waals surface area (Å²) in [5.74, 6) is -1.15. The third kappa shape index (κ3) is 5.93. The summed E-state index contributed by atoms with van der Waals surface area (Å²) in [6, 6.07) is 12.0. The van der Waals surface area contributed by atoms with Crippen molar-refractivity contribution in [2.75, 3.05) is 6.54 Å². The van der Waals surface area contributed by atoms with E-state index in [0.29, 0.717) is 11.3 Å². The van der Waals surface area contributed by atoms with Crippen molar-refractivity contribution in [1.29, 1.82) is 0 Å². The molecule has 0 spiro atoms. The number of carbonyl (C=O) groups is 1. The van der Waals surface area contributed by atoms with Crippen molar-refractivity contribution in [2.24, 2.45) is 0 Å². The van der Waals surface area contributed by atoms with Gasteiger partial charge >= 0.3 is 6.36 Å². The number of nitro groups is 1. The summed E-state index contributed by atoms with van der Waals surface area (Å²) in [6.07, 6.45) is -4.52. The average molecular weight is 462 g/mol. The molecule has 0 bridgehead atoms. The fourth-order valence-corrected chi connectivity index (χ4v) is 3.01. The normalized spacial score (nSPS) is 11.2. The van der Waals surface area contributed by atoms with Gasteiger partial charge in [0.15, 0.2) is 5.69 Å². The van der Waals surface area contributed by atoms with Crippen LogP contribution in [0.1, 0.15) is 21.7 Å². The smallest absolute Gasteiger partial charge is 0.406 e. The van der Waals surface area contributed by atoms with Crippen LogP contribution in [0.2, 0.25) is 0 Å². The first-order chi connectivity index (χ1) is 15.5. The van der Waals surface area contributed by atoms with Crippen LogP contribution in [-0.2, 0) is 6.42 Å². The highest BCUT2D eigenvalue weighted by Crippen LogP contribution is 2.23. The molecular weight excluding hydrogens is 445 g/mol. The number of amides is 1. The van der Waals surface area contributed by atoms with Gasteiger partial charge in [0.2, 0.25) is 5.43 Å². The molecule has 33 heavy (non-hydrogen) atoms. The van der Waals surface area contributed by atoms with E-state index in [1.54, 1.807) is 6.07 Å². The predicted molar refractivity (Wildman–Crippen MR) is 110 cm³/mol. The van der Waals surface area contributed by atoms with E-state index in [4.69, 9.17) is 0 Å². The van der Waals surface area contributed by atoms with E-state index in [2.05, 4.69) is 15.2 Å². The van der Waals surface area contributed by atoms with Gasteiger partial charge in [-0.15, -0.1) is 13.2 Å². The topological polar surface area (TPSA) is 116 Å². The molecule has 0 atom stereocenters. The maximum atomic E-state index is 12.5. The second-order valence-corrected chi connectivity index (χ2v) is 6.85. The molecule has 0 unspecified atom stereocenters. The van der Waals surface area contributed by atoms with Crippen LogP contribution in [0.15, 0.2) is 59.4 Å². The highest BCUT2D eigenvalue weighted by Gasteiger charge is 2.31. The molecule has 0 saturated heterocycles. The standard InChI is InChI=1S/C21H17F3N4O5/c1-13-12-18(29)19(26-27(13)16-4-2-3-5-17(16)28(31)32)20(30)25-11-10-14-6-8-15(9-7-14)33-21(22,23)24/h2-9,12H,10-11H2,1H3,(H,25,30). The van der Waals surface area contributed by atoms with Gasteiger partial charge in [-0.25, -0.2) is 4.68 Å². The van der Waals surface area contributed by atoms with Gasteiger partial charge in [0.1, 0.15) is 11.4 Å². The van der Waals surface area contributed by atoms with Crippen molar-refractivity contribution in [1.82, 2.24) is 15.1 Å². The van der Waals surface area contributed by atoms with Gasteiger partial charge in [-0.3, -0.25) is 19.7 Å². The number of hydrogen-bond donors (Lipinski definition) is 1. The Kier molecular flexibility index (Phi) is 6.75. The molecule has 172 valence electrons. The summed E-state index contributed by atoms with van der Waals surface area (Å²) in [5, 5.41) is 17.9. The molecular formula is C21H17F3N4O5. The number of benzene rings is 2. The lowest BCUT2D eigenvalue weighted by atomic mass is 10.1. The Labute approximate surface area is 184 Å². The Morgan fingerprint density at radius 3 is 2.48 bits per heavy atom. The molecule has 1 aromatic heterocycles. The Morgan fingerprint density at radius 2 is 1.85 bits per heavy atom. The number of aryl methyl sites for hydroxylation is 1. The van der Waals surface area contributed by atoms with Gasteiger partial charge in [0.05, 0.1) is 4.92 Å². The SMILES string of the molecule is Cc1cc(=O)c(C(=O)NCCc2ccc(OC(F)(F)F)cc2)nn1-c1ccccc1[N+](=O)[O-]. The molecule has 1 N–H and O–H groups in total. The molecule has 3 rings (SSSR count). The van der Waals surface area contributed by atoms with Crippen molar-refractivity contribution in [2.45, 2.75) is 19.7 Å². The average Bonchev–Trinajstić information content (AvgIpc) is 2.74. The molecule has 3 aromatic rings. The molecule has 12 heteroatoms. The summed E-state index contributed by atoms with van der Waals surface area (Å²) in [6.45, 7) is 1.60. The second kappa shape index (κ2) is 9.51. The number of para-hydroxylation sites is 2. The van der Waals surface area contributed by atoms with Gasteiger partial charge in [0.25, 0.3) is 11.6 Å². The Balaban J connectivity index is 1.73. The maximum Gasteiger partial charge on any atom is 0.573 e. The second-order valence-electron chi connectivity index (χ2n) is 6.85. The van der Waals surface area contributed by atoms with Gasteiger partial charge < -0.3 is 10.1 Å². The zero-order valence-corrected chi connectivity index (χ0v) is 17.1. The maximum absolute atomic E-state index is 12.5. The molecule has 0 radical (unpaired) electrons. The molecule has 9 nitrogen and oxygen atoms in total. The van der Waals surface area contributed by atoms with Crippen molar-refractivity contribution < 1.29 is 27.6 Å². The van der Waals surface area contributed by atoms with Crippen LogP contribution in [0.25, 0.3) is 5.69 Å².